The summed E-state index contributed by atoms with van der Waals surface area (Å²) in [6.45, 7) is 3.30. The van der Waals surface area contributed by atoms with Crippen LogP contribution in [-0.4, -0.2) is 51.8 Å². The smallest absolute Gasteiger partial charge is 0.412 e. The van der Waals surface area contributed by atoms with E-state index in [0.717, 1.165) is 0 Å². The molecule has 0 bridgehead atoms. The lowest BCUT2D eigenvalue weighted by molar-refractivity contribution is -0.119. The largest absolute Gasteiger partial charge is 0.448 e. The lowest BCUT2D eigenvalue weighted by atomic mass is 9.97. The van der Waals surface area contributed by atoms with Crippen molar-refractivity contribution >= 4 is 40.2 Å². The number of anilines is 1. The molecule has 1 atom stereocenters. The number of amides is 2. The fourth-order valence-electron chi connectivity index (χ4n) is 3.87. The highest BCUT2D eigenvalue weighted by molar-refractivity contribution is 6.31. The zero-order valence-corrected chi connectivity index (χ0v) is 21.2. The Morgan fingerprint density at radius 2 is 1.86 bits per heavy atom. The topological polar surface area (TPSA) is 116 Å². The molecule has 3 N–H and O–H groups in total. The molecule has 37 heavy (non-hydrogen) atoms. The molecule has 3 aromatic rings. The number of aliphatic hydroxyl groups is 1. The van der Waals surface area contributed by atoms with Crippen LogP contribution in [0.15, 0.2) is 48.7 Å². The lowest BCUT2D eigenvalue weighted by Crippen LogP contribution is -2.44. The van der Waals surface area contributed by atoms with Crippen molar-refractivity contribution in [3.8, 4) is 0 Å². The van der Waals surface area contributed by atoms with Crippen molar-refractivity contribution in [2.75, 3.05) is 18.5 Å². The summed E-state index contributed by atoms with van der Waals surface area (Å²) in [6.07, 6.45) is 0.720. The van der Waals surface area contributed by atoms with E-state index >= 15 is 0 Å². The number of fused-ring (bicyclic) bond motifs is 1. The number of nitrogens with zero attached hydrogens (tertiary/aromatic N) is 2. The van der Waals surface area contributed by atoms with Crippen LogP contribution in [0.5, 0.6) is 0 Å². The van der Waals surface area contributed by atoms with Crippen LogP contribution in [0.3, 0.4) is 0 Å². The average Bonchev–Trinajstić information content (AvgIpc) is 2.79. The van der Waals surface area contributed by atoms with Crippen LogP contribution in [-0.2, 0) is 16.1 Å². The number of ether oxygens (including phenoxy) is 1. The van der Waals surface area contributed by atoms with Gasteiger partial charge in [-0.3, -0.25) is 20.7 Å². The average molecular weight is 534 g/mol. The fraction of sp³-hybridized carbons (Fsp3) is 0.346. The first kappa shape index (κ1) is 28.2. The second kappa shape index (κ2) is 12.3. The number of benzene rings is 2. The van der Waals surface area contributed by atoms with Crippen LogP contribution in [0.2, 0.25) is 5.02 Å². The summed E-state index contributed by atoms with van der Waals surface area (Å²) in [5, 5.41) is 14.4. The minimum absolute atomic E-state index is 0.106. The summed E-state index contributed by atoms with van der Waals surface area (Å²) in [4.78, 5) is 29.8. The summed E-state index contributed by atoms with van der Waals surface area (Å²) in [5.41, 5.74) is 6.70. The molecule has 0 fully saturated rings. The van der Waals surface area contributed by atoms with E-state index in [-0.39, 0.29) is 43.4 Å². The first-order valence-electron chi connectivity index (χ1n) is 11.5. The van der Waals surface area contributed by atoms with E-state index in [1.165, 1.54) is 42.6 Å². The highest BCUT2D eigenvalue weighted by Crippen LogP contribution is 2.24. The number of carbonyl (C=O) groups excluding carboxylic acids is 2. The summed E-state index contributed by atoms with van der Waals surface area (Å²) < 4.78 is 32.5. The van der Waals surface area contributed by atoms with Gasteiger partial charge < -0.3 is 9.84 Å². The third-order valence-corrected chi connectivity index (χ3v) is 5.94. The molecule has 0 unspecified atom stereocenters. The van der Waals surface area contributed by atoms with Crippen LogP contribution < -0.4 is 11.1 Å². The summed E-state index contributed by atoms with van der Waals surface area (Å²) in [7, 11) is 0. The van der Waals surface area contributed by atoms with Gasteiger partial charge >= 0.3 is 6.09 Å². The summed E-state index contributed by atoms with van der Waals surface area (Å²) >= 11 is 6.20. The minimum atomic E-state index is -1.16. The van der Waals surface area contributed by atoms with Gasteiger partial charge in [-0.15, -0.1) is 0 Å². The Morgan fingerprint density at radius 3 is 2.54 bits per heavy atom. The fourth-order valence-corrected chi connectivity index (χ4v) is 4.09. The normalized spacial score (nSPS) is 12.5. The first-order chi connectivity index (χ1) is 17.4. The number of aromatic nitrogens is 1. The molecule has 2 aromatic carbocycles. The predicted molar refractivity (Wildman–Crippen MR) is 136 cm³/mol. The maximum Gasteiger partial charge on any atom is 0.412 e. The van der Waals surface area contributed by atoms with Crippen molar-refractivity contribution < 1.29 is 28.2 Å². The molecule has 0 aliphatic carbocycles. The SMILES string of the molecule is CC(C)(O)C[C@@H](COC(=O)Nc1cc2cc(F)ccc2cn1)N(CCC([NH])=O)Cc1ccc(F)cc1Cl. The van der Waals surface area contributed by atoms with Crippen LogP contribution in [0.25, 0.3) is 10.8 Å². The molecule has 1 heterocycles. The second-order valence-electron chi connectivity index (χ2n) is 9.33. The van der Waals surface area contributed by atoms with Crippen LogP contribution >= 0.6 is 11.6 Å². The van der Waals surface area contributed by atoms with E-state index in [0.29, 0.717) is 16.3 Å². The maximum absolute atomic E-state index is 13.5. The van der Waals surface area contributed by atoms with Gasteiger partial charge in [0.15, 0.2) is 0 Å². The van der Waals surface area contributed by atoms with Crippen molar-refractivity contribution in [1.82, 2.24) is 15.6 Å². The highest BCUT2D eigenvalue weighted by Gasteiger charge is 2.28. The molecule has 1 radical (unpaired) electrons. The van der Waals surface area contributed by atoms with Gasteiger partial charge in [0, 0.05) is 42.2 Å². The first-order valence-corrected chi connectivity index (χ1v) is 11.9. The molecule has 0 aliphatic rings. The third-order valence-electron chi connectivity index (χ3n) is 5.59. The molecular formula is C26H28ClF2N4O4. The van der Waals surface area contributed by atoms with E-state index < -0.39 is 35.3 Å². The number of hydrogen-bond acceptors (Lipinski definition) is 6. The predicted octanol–water partition coefficient (Wildman–Crippen LogP) is 4.95. The third kappa shape index (κ3) is 8.92. The Kier molecular flexibility index (Phi) is 9.36. The lowest BCUT2D eigenvalue weighted by Gasteiger charge is -2.35. The summed E-state index contributed by atoms with van der Waals surface area (Å²) in [6, 6.07) is 9.07. The molecule has 0 saturated carbocycles. The van der Waals surface area contributed by atoms with Crippen molar-refractivity contribution in [2.45, 2.75) is 44.9 Å². The number of rotatable bonds is 11. The molecule has 0 spiro atoms. The maximum atomic E-state index is 13.5. The number of carbonyl (C=O) groups is 2. The highest BCUT2D eigenvalue weighted by atomic mass is 35.5. The molecule has 2 amide bonds. The molecule has 0 saturated heterocycles. The molecule has 0 aliphatic heterocycles. The van der Waals surface area contributed by atoms with Gasteiger partial charge in [0.05, 0.1) is 5.60 Å². The van der Waals surface area contributed by atoms with Crippen LogP contribution in [0, 0.1) is 11.6 Å². The summed E-state index contributed by atoms with van der Waals surface area (Å²) in [5.74, 6) is -1.54. The van der Waals surface area contributed by atoms with Crippen molar-refractivity contribution in [3.63, 3.8) is 0 Å². The van der Waals surface area contributed by atoms with E-state index in [9.17, 15) is 23.5 Å². The van der Waals surface area contributed by atoms with Gasteiger partial charge in [0.2, 0.25) is 5.91 Å². The Hall–Kier alpha value is -3.34. The second-order valence-corrected chi connectivity index (χ2v) is 9.74. The molecule has 1 aromatic heterocycles. The molecule has 3 rings (SSSR count). The monoisotopic (exact) mass is 533 g/mol. The van der Waals surface area contributed by atoms with E-state index in [1.54, 1.807) is 24.8 Å². The zero-order chi connectivity index (χ0) is 27.2. The molecular weight excluding hydrogens is 506 g/mol. The van der Waals surface area contributed by atoms with E-state index in [4.69, 9.17) is 22.1 Å². The van der Waals surface area contributed by atoms with Crippen molar-refractivity contribution in [3.05, 3.63) is 70.9 Å². The van der Waals surface area contributed by atoms with E-state index in [2.05, 4.69) is 10.3 Å². The van der Waals surface area contributed by atoms with Crippen LogP contribution in [0.4, 0.5) is 19.4 Å². The van der Waals surface area contributed by atoms with Crippen molar-refractivity contribution in [2.24, 2.45) is 0 Å². The van der Waals surface area contributed by atoms with Crippen LogP contribution in [0.1, 0.15) is 32.3 Å². The Labute approximate surface area is 218 Å². The van der Waals surface area contributed by atoms with Gasteiger partial charge in [-0.1, -0.05) is 17.7 Å². The van der Waals surface area contributed by atoms with Gasteiger partial charge in [-0.25, -0.2) is 18.6 Å². The van der Waals surface area contributed by atoms with Gasteiger partial charge in [-0.05, 0) is 67.6 Å². The minimum Gasteiger partial charge on any atom is -0.448 e. The van der Waals surface area contributed by atoms with Crippen molar-refractivity contribution in [1.29, 1.82) is 0 Å². The molecule has 197 valence electrons. The standard InChI is InChI=1S/C26H28ClF2N4O4/c1-26(2,36)12-21(33(8-7-23(30)34)14-17-4-6-20(29)11-22(17)27)15-37-25(35)32-24-10-18-9-19(28)5-3-16(18)13-31-24/h3-6,9-11,13,21,30,36H,7-8,12,14-15H2,1-2H3,(H,31,32,35)/t21-/m0/s1. The number of hydrogen-bond donors (Lipinski definition) is 2. The zero-order valence-electron chi connectivity index (χ0n) is 20.4. The number of nitrogens with one attached hydrogen (secondary N) is 2. The Bertz CT molecular complexity index is 1270. The number of pyridine rings is 1. The van der Waals surface area contributed by atoms with E-state index in [1.807, 2.05) is 0 Å². The van der Waals surface area contributed by atoms with Gasteiger partial charge in [-0.2, -0.15) is 0 Å². The quantitative estimate of drug-likeness (QED) is 0.360. The molecule has 11 heteroatoms. The number of halogens is 3. The molecule has 8 nitrogen and oxygen atoms in total. The Morgan fingerprint density at radius 1 is 1.16 bits per heavy atom. The van der Waals surface area contributed by atoms with Gasteiger partial charge in [0.25, 0.3) is 0 Å². The Balaban J connectivity index is 1.75. The van der Waals surface area contributed by atoms with Gasteiger partial charge in [0.1, 0.15) is 24.1 Å².